The molecule has 3 aromatic rings. The van der Waals surface area contributed by atoms with Crippen LogP contribution in [0.15, 0.2) is 77.7 Å². The van der Waals surface area contributed by atoms with Crippen molar-refractivity contribution < 1.29 is 22.7 Å². The second-order valence-electron chi connectivity index (χ2n) is 9.30. The van der Waals surface area contributed by atoms with E-state index in [0.717, 1.165) is 21.0 Å². The summed E-state index contributed by atoms with van der Waals surface area (Å²) in [6.07, 6.45) is 0.364. The molecule has 3 rings (SSSR count). The van der Waals surface area contributed by atoms with E-state index in [4.69, 9.17) is 4.74 Å². The monoisotopic (exact) mass is 551 g/mol. The van der Waals surface area contributed by atoms with E-state index in [0.29, 0.717) is 24.4 Å². The fraction of sp³-hybridized carbons (Fsp3) is 0.333. The smallest absolute Gasteiger partial charge is 0.264 e. The van der Waals surface area contributed by atoms with Crippen LogP contribution in [-0.4, -0.2) is 51.4 Å². The Morgan fingerprint density at radius 3 is 2.18 bits per heavy atom. The number of nitrogens with one attached hydrogen (secondary N) is 1. The summed E-state index contributed by atoms with van der Waals surface area (Å²) in [5.41, 5.74) is 2.90. The molecular weight excluding hydrogens is 514 g/mol. The van der Waals surface area contributed by atoms with Crippen LogP contribution in [0.4, 0.5) is 5.69 Å². The molecule has 3 aromatic carbocycles. The van der Waals surface area contributed by atoms with Crippen molar-refractivity contribution in [2.45, 2.75) is 51.6 Å². The number of carbonyl (C=O) groups is 2. The molecule has 1 unspecified atom stereocenters. The summed E-state index contributed by atoms with van der Waals surface area (Å²) in [5.74, 6) is -0.100. The van der Waals surface area contributed by atoms with Gasteiger partial charge in [0.05, 0.1) is 17.7 Å². The summed E-state index contributed by atoms with van der Waals surface area (Å²) in [6, 6.07) is 19.9. The third kappa shape index (κ3) is 7.17. The highest BCUT2D eigenvalue weighted by Crippen LogP contribution is 2.28. The normalized spacial score (nSPS) is 11.9. The maximum atomic E-state index is 14.0. The Morgan fingerprint density at radius 1 is 0.949 bits per heavy atom. The van der Waals surface area contributed by atoms with Gasteiger partial charge in [-0.25, -0.2) is 8.42 Å². The molecule has 8 nitrogen and oxygen atoms in total. The molecule has 208 valence electrons. The van der Waals surface area contributed by atoms with Gasteiger partial charge in [-0.1, -0.05) is 55.0 Å². The third-order valence-corrected chi connectivity index (χ3v) is 8.25. The number of hydrogen-bond donors (Lipinski definition) is 1. The first kappa shape index (κ1) is 29.7. The van der Waals surface area contributed by atoms with Crippen molar-refractivity contribution in [2.24, 2.45) is 0 Å². The number of ether oxygens (including phenoxy) is 1. The predicted octanol–water partition coefficient (Wildman–Crippen LogP) is 4.45. The van der Waals surface area contributed by atoms with Crippen LogP contribution in [-0.2, 0) is 26.2 Å². The van der Waals surface area contributed by atoms with Gasteiger partial charge in [0.1, 0.15) is 18.3 Å². The Kier molecular flexibility index (Phi) is 10.1. The largest absolute Gasteiger partial charge is 0.497 e. The van der Waals surface area contributed by atoms with Gasteiger partial charge in [0.15, 0.2) is 0 Å². The molecule has 0 fully saturated rings. The van der Waals surface area contributed by atoms with Gasteiger partial charge >= 0.3 is 0 Å². The molecule has 0 aliphatic rings. The van der Waals surface area contributed by atoms with Gasteiger partial charge in [-0.2, -0.15) is 0 Å². The van der Waals surface area contributed by atoms with Crippen LogP contribution >= 0.6 is 0 Å². The lowest BCUT2D eigenvalue weighted by molar-refractivity contribution is -0.140. The first-order valence-electron chi connectivity index (χ1n) is 13.0. The van der Waals surface area contributed by atoms with Crippen LogP contribution in [0.1, 0.15) is 37.0 Å². The van der Waals surface area contributed by atoms with E-state index in [1.165, 1.54) is 17.0 Å². The first-order chi connectivity index (χ1) is 18.6. The lowest BCUT2D eigenvalue weighted by Gasteiger charge is -2.33. The molecule has 0 spiro atoms. The summed E-state index contributed by atoms with van der Waals surface area (Å²) in [6.45, 7) is 7.46. The molecule has 0 bridgehead atoms. The molecule has 39 heavy (non-hydrogen) atoms. The summed E-state index contributed by atoms with van der Waals surface area (Å²) >= 11 is 0. The molecule has 1 atom stereocenters. The van der Waals surface area contributed by atoms with Gasteiger partial charge in [0.25, 0.3) is 10.0 Å². The van der Waals surface area contributed by atoms with E-state index in [9.17, 15) is 18.0 Å². The van der Waals surface area contributed by atoms with Crippen molar-refractivity contribution >= 4 is 27.5 Å². The van der Waals surface area contributed by atoms with Crippen molar-refractivity contribution in [3.05, 3.63) is 89.5 Å². The molecule has 0 aliphatic carbocycles. The highest BCUT2D eigenvalue weighted by molar-refractivity contribution is 7.92. The maximum Gasteiger partial charge on any atom is 0.264 e. The molecule has 0 saturated carbocycles. The summed E-state index contributed by atoms with van der Waals surface area (Å²) in [5, 5.41) is 2.81. The zero-order valence-corrected chi connectivity index (χ0v) is 24.0. The number of hydrogen-bond acceptors (Lipinski definition) is 5. The van der Waals surface area contributed by atoms with Gasteiger partial charge < -0.3 is 15.0 Å². The Hall–Kier alpha value is -3.85. The van der Waals surface area contributed by atoms with Crippen LogP contribution in [0, 0.1) is 13.8 Å². The number of benzene rings is 3. The van der Waals surface area contributed by atoms with Gasteiger partial charge in [0, 0.05) is 13.1 Å². The maximum absolute atomic E-state index is 14.0. The summed E-state index contributed by atoms with van der Waals surface area (Å²) in [4.78, 5) is 28.6. The second kappa shape index (κ2) is 13.3. The zero-order chi connectivity index (χ0) is 28.6. The molecule has 0 heterocycles. The topological polar surface area (TPSA) is 96.0 Å². The summed E-state index contributed by atoms with van der Waals surface area (Å²) in [7, 11) is -2.52. The second-order valence-corrected chi connectivity index (χ2v) is 11.2. The van der Waals surface area contributed by atoms with E-state index in [2.05, 4.69) is 5.32 Å². The fourth-order valence-corrected chi connectivity index (χ4v) is 5.96. The van der Waals surface area contributed by atoms with Crippen molar-refractivity contribution in [3.63, 3.8) is 0 Å². The SMILES string of the molecule is CCNC(=O)C(CC)N(Cc1ccc(OC)cc1)C(=O)CN(c1ccc(C)cc1C)S(=O)(=O)c1ccccc1. The van der Waals surface area contributed by atoms with Crippen molar-refractivity contribution in [1.82, 2.24) is 10.2 Å². The third-order valence-electron chi connectivity index (χ3n) is 6.48. The predicted molar refractivity (Wildman–Crippen MR) is 153 cm³/mol. The number of carbonyl (C=O) groups excluding carboxylic acids is 2. The quantitative estimate of drug-likeness (QED) is 0.359. The van der Waals surface area contributed by atoms with Gasteiger partial charge in [-0.05, 0) is 68.7 Å². The molecule has 0 aromatic heterocycles. The van der Waals surface area contributed by atoms with Gasteiger partial charge in [-0.15, -0.1) is 0 Å². The molecule has 0 radical (unpaired) electrons. The minimum Gasteiger partial charge on any atom is -0.497 e. The number of amides is 2. The van der Waals surface area contributed by atoms with Crippen LogP contribution in [0.2, 0.25) is 0 Å². The van der Waals surface area contributed by atoms with Crippen LogP contribution in [0.25, 0.3) is 0 Å². The molecule has 0 aliphatic heterocycles. The minimum absolute atomic E-state index is 0.0789. The Bertz CT molecular complexity index is 1380. The average molecular weight is 552 g/mol. The van der Waals surface area contributed by atoms with Crippen molar-refractivity contribution in [2.75, 3.05) is 24.5 Å². The number of sulfonamides is 1. The average Bonchev–Trinajstić information content (AvgIpc) is 2.93. The highest BCUT2D eigenvalue weighted by atomic mass is 32.2. The standard InChI is InChI=1S/C30H37N3O5S/c1-6-27(30(35)31-7-2)32(20-24-14-16-25(38-5)17-15-24)29(34)21-33(28-18-13-22(3)19-23(28)4)39(36,37)26-11-9-8-10-12-26/h8-19,27H,6-7,20-21H2,1-5H3,(H,31,35). The van der Waals surface area contributed by atoms with Gasteiger partial charge in [-0.3, -0.25) is 13.9 Å². The van der Waals surface area contributed by atoms with Crippen LogP contribution in [0.5, 0.6) is 5.75 Å². The molecular formula is C30H37N3O5S. The molecule has 9 heteroatoms. The minimum atomic E-state index is -4.09. The van der Waals surface area contributed by atoms with E-state index < -0.39 is 28.5 Å². The fourth-order valence-electron chi connectivity index (χ4n) is 4.46. The van der Waals surface area contributed by atoms with Crippen LogP contribution < -0.4 is 14.4 Å². The van der Waals surface area contributed by atoms with E-state index in [1.54, 1.807) is 43.5 Å². The summed E-state index contributed by atoms with van der Waals surface area (Å²) < 4.78 is 34.2. The number of anilines is 1. The Balaban J connectivity index is 2.07. The lowest BCUT2D eigenvalue weighted by atomic mass is 10.1. The highest BCUT2D eigenvalue weighted by Gasteiger charge is 2.34. The Morgan fingerprint density at radius 2 is 1.62 bits per heavy atom. The molecule has 1 N–H and O–H groups in total. The molecule has 2 amide bonds. The number of likely N-dealkylation sites (N-methyl/N-ethyl adjacent to an activating group) is 1. The number of aryl methyl sites for hydroxylation is 2. The number of rotatable bonds is 12. The van der Waals surface area contributed by atoms with Crippen molar-refractivity contribution in [1.29, 1.82) is 0 Å². The van der Waals surface area contributed by atoms with Crippen molar-refractivity contribution in [3.8, 4) is 5.75 Å². The Labute approximate surface area is 231 Å². The van der Waals surface area contributed by atoms with E-state index >= 15 is 0 Å². The number of methoxy groups -OCH3 is 1. The lowest BCUT2D eigenvalue weighted by Crippen LogP contribution is -2.52. The molecule has 0 saturated heterocycles. The van der Waals surface area contributed by atoms with E-state index in [1.807, 2.05) is 52.0 Å². The zero-order valence-electron chi connectivity index (χ0n) is 23.2. The van der Waals surface area contributed by atoms with Gasteiger partial charge in [0.2, 0.25) is 11.8 Å². The van der Waals surface area contributed by atoms with Crippen LogP contribution in [0.3, 0.4) is 0 Å². The van der Waals surface area contributed by atoms with E-state index in [-0.39, 0.29) is 17.3 Å². The first-order valence-corrected chi connectivity index (χ1v) is 14.4. The number of nitrogens with zero attached hydrogens (tertiary/aromatic N) is 2.